The van der Waals surface area contributed by atoms with Crippen molar-refractivity contribution in [2.24, 2.45) is 0 Å². The summed E-state index contributed by atoms with van der Waals surface area (Å²) in [5.74, 6) is -0.473. The fourth-order valence-electron chi connectivity index (χ4n) is 7.41. The first-order valence-electron chi connectivity index (χ1n) is 23.9. The number of nitrogens with one attached hydrogen (secondary N) is 1. The van der Waals surface area contributed by atoms with Crippen molar-refractivity contribution in [2.45, 2.75) is 277 Å². The van der Waals surface area contributed by atoms with Crippen molar-refractivity contribution in [1.29, 1.82) is 0 Å². The molecule has 0 saturated heterocycles. The summed E-state index contributed by atoms with van der Waals surface area (Å²) in [4.78, 5) is 26.0. The third kappa shape index (κ3) is 37.5. The number of carbonyl (C=O) groups is 2. The number of ether oxygens (including phenoxy) is 1. The molecule has 1 amide bonds. The van der Waals surface area contributed by atoms with Crippen LogP contribution < -0.4 is 5.32 Å². The molecule has 0 aliphatic rings. The highest BCUT2D eigenvalue weighted by atomic mass is 16.5. The van der Waals surface area contributed by atoms with Gasteiger partial charge in [0.1, 0.15) is 6.10 Å². The van der Waals surface area contributed by atoms with Gasteiger partial charge in [-0.2, -0.15) is 0 Å². The Balaban J connectivity index is 4.55. The molecule has 0 aromatic heterocycles. The van der Waals surface area contributed by atoms with Gasteiger partial charge in [-0.25, -0.2) is 0 Å². The second-order valence-electron chi connectivity index (χ2n) is 16.5. The van der Waals surface area contributed by atoms with E-state index in [0.717, 1.165) is 51.4 Å². The van der Waals surface area contributed by atoms with E-state index < -0.39 is 18.2 Å². The molecule has 0 heterocycles. The molecule has 3 atom stereocenters. The van der Waals surface area contributed by atoms with Crippen molar-refractivity contribution in [3.05, 3.63) is 12.2 Å². The van der Waals surface area contributed by atoms with Crippen LogP contribution in [0.4, 0.5) is 0 Å². The van der Waals surface area contributed by atoms with Gasteiger partial charge in [0.05, 0.1) is 25.2 Å². The lowest BCUT2D eigenvalue weighted by Gasteiger charge is -2.24. The Labute approximate surface area is 336 Å². The van der Waals surface area contributed by atoms with Crippen LogP contribution in [0.3, 0.4) is 0 Å². The van der Waals surface area contributed by atoms with E-state index in [1.165, 1.54) is 161 Å². The van der Waals surface area contributed by atoms with Crippen molar-refractivity contribution < 1.29 is 24.5 Å². The molecule has 0 fully saturated rings. The lowest BCUT2D eigenvalue weighted by Crippen LogP contribution is -2.46. The fraction of sp³-hybridized carbons (Fsp3) is 0.917. The second kappa shape index (κ2) is 42.7. The molecule has 6 nitrogen and oxygen atoms in total. The van der Waals surface area contributed by atoms with Gasteiger partial charge in [0, 0.05) is 6.42 Å². The molecule has 0 spiro atoms. The van der Waals surface area contributed by atoms with Crippen LogP contribution in [-0.2, 0) is 14.3 Å². The molecule has 3 N–H and O–H groups in total. The zero-order valence-electron chi connectivity index (χ0n) is 36.4. The maximum absolute atomic E-state index is 13.1. The zero-order chi connectivity index (χ0) is 39.6. The summed E-state index contributed by atoms with van der Waals surface area (Å²) >= 11 is 0. The number of hydrogen-bond donors (Lipinski definition) is 3. The van der Waals surface area contributed by atoms with Gasteiger partial charge in [-0.15, -0.1) is 0 Å². The maximum atomic E-state index is 13.1. The Morgan fingerprint density at radius 1 is 0.519 bits per heavy atom. The van der Waals surface area contributed by atoms with E-state index in [0.29, 0.717) is 19.3 Å². The highest BCUT2D eigenvalue weighted by Crippen LogP contribution is 2.18. The van der Waals surface area contributed by atoms with E-state index in [9.17, 15) is 19.8 Å². The molecule has 54 heavy (non-hydrogen) atoms. The Morgan fingerprint density at radius 3 is 1.37 bits per heavy atom. The molecule has 3 unspecified atom stereocenters. The fourth-order valence-corrected chi connectivity index (χ4v) is 7.41. The van der Waals surface area contributed by atoms with E-state index >= 15 is 0 Å². The van der Waals surface area contributed by atoms with E-state index in [4.69, 9.17) is 4.74 Å². The minimum absolute atomic E-state index is 0.0807. The number of hydrogen-bond acceptors (Lipinski definition) is 5. The van der Waals surface area contributed by atoms with E-state index in [-0.39, 0.29) is 24.9 Å². The highest BCUT2D eigenvalue weighted by Gasteiger charge is 2.24. The molecule has 0 aliphatic carbocycles. The molecular formula is C48H93NO5. The van der Waals surface area contributed by atoms with Crippen LogP contribution in [0.15, 0.2) is 12.2 Å². The number of amides is 1. The first kappa shape index (κ1) is 52.6. The maximum Gasteiger partial charge on any atom is 0.306 e. The molecule has 0 aliphatic heterocycles. The van der Waals surface area contributed by atoms with Gasteiger partial charge in [0.25, 0.3) is 0 Å². The van der Waals surface area contributed by atoms with Gasteiger partial charge in [0.15, 0.2) is 0 Å². The first-order chi connectivity index (χ1) is 26.5. The van der Waals surface area contributed by atoms with Gasteiger partial charge in [-0.3, -0.25) is 9.59 Å². The van der Waals surface area contributed by atoms with Gasteiger partial charge in [-0.05, 0) is 44.9 Å². The Kier molecular flexibility index (Phi) is 41.6. The normalized spacial score (nSPS) is 13.4. The quantitative estimate of drug-likeness (QED) is 0.0326. The van der Waals surface area contributed by atoms with Crippen LogP contribution in [-0.4, -0.2) is 46.9 Å². The minimum Gasteiger partial charge on any atom is -0.462 e. The number of rotatable bonds is 43. The monoisotopic (exact) mass is 764 g/mol. The van der Waals surface area contributed by atoms with Gasteiger partial charge < -0.3 is 20.3 Å². The molecule has 6 heteroatoms. The minimum atomic E-state index is -0.781. The largest absolute Gasteiger partial charge is 0.462 e. The summed E-state index contributed by atoms with van der Waals surface area (Å²) in [6.07, 6.45) is 45.5. The smallest absolute Gasteiger partial charge is 0.306 e. The van der Waals surface area contributed by atoms with Gasteiger partial charge >= 0.3 is 5.97 Å². The van der Waals surface area contributed by atoms with Crippen LogP contribution in [0.5, 0.6) is 0 Å². The number of esters is 1. The van der Waals surface area contributed by atoms with Crippen LogP contribution >= 0.6 is 0 Å². The Morgan fingerprint density at radius 2 is 0.907 bits per heavy atom. The first-order valence-corrected chi connectivity index (χ1v) is 23.9. The summed E-state index contributed by atoms with van der Waals surface area (Å²) < 4.78 is 5.90. The highest BCUT2D eigenvalue weighted by molar-refractivity contribution is 5.77. The molecule has 0 saturated carbocycles. The summed E-state index contributed by atoms with van der Waals surface area (Å²) in [6.45, 7) is 6.45. The Hall–Kier alpha value is -1.40. The van der Waals surface area contributed by atoms with Crippen LogP contribution in [0.1, 0.15) is 258 Å². The third-order valence-electron chi connectivity index (χ3n) is 11.1. The predicted molar refractivity (Wildman–Crippen MR) is 232 cm³/mol. The van der Waals surface area contributed by atoms with Crippen LogP contribution in [0, 0.1) is 0 Å². The number of unbranched alkanes of at least 4 members (excludes halogenated alkanes) is 29. The van der Waals surface area contributed by atoms with E-state index in [1.807, 2.05) is 0 Å². The Bertz CT molecular complexity index is 817. The van der Waals surface area contributed by atoms with Crippen LogP contribution in [0.25, 0.3) is 0 Å². The van der Waals surface area contributed by atoms with Gasteiger partial charge in [0.2, 0.25) is 5.91 Å². The molecular weight excluding hydrogens is 671 g/mol. The molecule has 0 aromatic carbocycles. The van der Waals surface area contributed by atoms with Crippen molar-refractivity contribution in [3.8, 4) is 0 Å². The van der Waals surface area contributed by atoms with Crippen molar-refractivity contribution in [3.63, 3.8) is 0 Å². The standard InChI is InChI=1S/C48H93NO5/c1-4-7-10-13-16-19-22-25-27-30-33-36-39-44(54-48(53)41-38-35-32-29-24-21-18-15-12-9-6-3)42-47(52)49-45(43-50)46(51)40-37-34-31-28-26-23-20-17-14-11-8-5-2/h15,18,44-46,50-51H,4-14,16-17,19-43H2,1-3H3,(H,49,52)/b18-15-. The molecule has 0 rings (SSSR count). The topological polar surface area (TPSA) is 95.9 Å². The lowest BCUT2D eigenvalue weighted by atomic mass is 10.0. The molecule has 320 valence electrons. The average Bonchev–Trinajstić information content (AvgIpc) is 3.16. The summed E-state index contributed by atoms with van der Waals surface area (Å²) in [5, 5.41) is 23.7. The SMILES string of the molecule is CCCC/C=C\CCCCCCCC(=O)OC(CCCCCCCCCCCCCC)CC(=O)NC(CO)C(O)CCCCCCCCCCCCCC. The van der Waals surface area contributed by atoms with Crippen molar-refractivity contribution in [1.82, 2.24) is 5.32 Å². The van der Waals surface area contributed by atoms with Crippen molar-refractivity contribution >= 4 is 11.9 Å². The lowest BCUT2D eigenvalue weighted by molar-refractivity contribution is -0.151. The summed E-state index contributed by atoms with van der Waals surface area (Å²) in [5.41, 5.74) is 0. The average molecular weight is 764 g/mol. The third-order valence-corrected chi connectivity index (χ3v) is 11.1. The van der Waals surface area contributed by atoms with E-state index in [2.05, 4.69) is 38.2 Å². The molecule has 0 aromatic rings. The second-order valence-corrected chi connectivity index (χ2v) is 16.5. The number of aliphatic hydroxyl groups excluding tert-OH is 2. The van der Waals surface area contributed by atoms with Gasteiger partial charge in [-0.1, -0.05) is 213 Å². The zero-order valence-corrected chi connectivity index (χ0v) is 36.4. The van der Waals surface area contributed by atoms with Crippen LogP contribution in [0.2, 0.25) is 0 Å². The van der Waals surface area contributed by atoms with Crippen molar-refractivity contribution in [2.75, 3.05) is 6.61 Å². The predicted octanol–water partition coefficient (Wildman–Crippen LogP) is 13.8. The number of allylic oxidation sites excluding steroid dienone is 2. The number of carbonyl (C=O) groups excluding carboxylic acids is 2. The molecule has 0 bridgehead atoms. The molecule has 0 radical (unpaired) electrons. The summed E-state index contributed by atoms with van der Waals surface area (Å²) in [7, 11) is 0. The summed E-state index contributed by atoms with van der Waals surface area (Å²) in [6, 6.07) is -0.694. The van der Waals surface area contributed by atoms with E-state index in [1.54, 1.807) is 0 Å². The number of aliphatic hydroxyl groups is 2.